The van der Waals surface area contributed by atoms with Crippen LogP contribution in [0.2, 0.25) is 0 Å². The number of benzene rings is 2. The topological polar surface area (TPSA) is 66.8 Å². The van der Waals surface area contributed by atoms with Gasteiger partial charge in [-0.2, -0.15) is 0 Å². The average Bonchev–Trinajstić information content (AvgIpc) is 3.34. The number of rotatable bonds is 5. The highest BCUT2D eigenvalue weighted by molar-refractivity contribution is 5.91. The molecule has 2 saturated heterocycles. The lowest BCUT2D eigenvalue weighted by Crippen LogP contribution is -2.46. The van der Waals surface area contributed by atoms with Crippen molar-refractivity contribution in [3.63, 3.8) is 0 Å². The molecule has 1 N–H and O–H groups in total. The maximum absolute atomic E-state index is 13.4. The molecule has 2 fully saturated rings. The largest absolute Gasteiger partial charge is 0.481 e. The molecule has 2 bridgehead atoms. The van der Waals surface area contributed by atoms with Gasteiger partial charge in [-0.25, -0.2) is 0 Å². The molecule has 28 heavy (non-hydrogen) atoms. The van der Waals surface area contributed by atoms with E-state index in [9.17, 15) is 14.7 Å². The van der Waals surface area contributed by atoms with Gasteiger partial charge < -0.3 is 14.7 Å². The molecule has 5 atom stereocenters. The summed E-state index contributed by atoms with van der Waals surface area (Å²) in [5.74, 6) is -2.58. The van der Waals surface area contributed by atoms with Crippen LogP contribution in [0.5, 0.6) is 0 Å². The van der Waals surface area contributed by atoms with Crippen molar-refractivity contribution in [3.05, 3.63) is 83.9 Å². The summed E-state index contributed by atoms with van der Waals surface area (Å²) >= 11 is 0. The minimum atomic E-state index is -0.963. The van der Waals surface area contributed by atoms with Gasteiger partial charge in [0.25, 0.3) is 0 Å². The van der Waals surface area contributed by atoms with Crippen molar-refractivity contribution < 1.29 is 19.4 Å². The highest BCUT2D eigenvalue weighted by Gasteiger charge is 2.70. The number of aliphatic carboxylic acids is 1. The van der Waals surface area contributed by atoms with Crippen LogP contribution in [-0.2, 0) is 27.3 Å². The number of amides is 1. The van der Waals surface area contributed by atoms with Crippen LogP contribution in [0.1, 0.15) is 11.1 Å². The Hall–Kier alpha value is -2.92. The molecule has 3 aliphatic heterocycles. The van der Waals surface area contributed by atoms with Gasteiger partial charge in [0, 0.05) is 6.54 Å². The van der Waals surface area contributed by atoms with Crippen LogP contribution in [0.4, 0.5) is 0 Å². The molecule has 0 radical (unpaired) electrons. The van der Waals surface area contributed by atoms with Crippen LogP contribution in [-0.4, -0.2) is 39.6 Å². The van der Waals surface area contributed by atoms with E-state index in [0.29, 0.717) is 13.0 Å². The third kappa shape index (κ3) is 2.43. The van der Waals surface area contributed by atoms with E-state index in [1.165, 1.54) is 0 Å². The van der Waals surface area contributed by atoms with Crippen LogP contribution in [0.15, 0.2) is 72.8 Å². The van der Waals surface area contributed by atoms with Gasteiger partial charge in [-0.05, 0) is 17.5 Å². The number of carboxylic acid groups (broad SMARTS) is 1. The monoisotopic (exact) mass is 375 g/mol. The standard InChI is InChI=1S/C23H21NO4/c25-21-20-19(22(26)27)17-11-12-23(20,28-17)18(13-15-7-3-1-4-8-15)24(21)14-16-9-5-2-6-10-16/h1-12,17-20H,13-14H2,(H,26,27)/t17-,18+,19-,20-,23+/m0/s1. The first kappa shape index (κ1) is 17.2. The second kappa shape index (κ2) is 6.31. The van der Waals surface area contributed by atoms with Crippen molar-refractivity contribution in [2.45, 2.75) is 30.7 Å². The Morgan fingerprint density at radius 3 is 2.32 bits per heavy atom. The molecule has 3 aliphatic rings. The number of carbonyl (C=O) groups is 2. The lowest BCUT2D eigenvalue weighted by molar-refractivity contribution is -0.148. The normalized spacial score (nSPS) is 32.7. The summed E-state index contributed by atoms with van der Waals surface area (Å²) < 4.78 is 6.23. The van der Waals surface area contributed by atoms with Gasteiger partial charge in [0.1, 0.15) is 11.5 Å². The first-order valence-corrected chi connectivity index (χ1v) is 9.58. The van der Waals surface area contributed by atoms with E-state index in [1.807, 2.05) is 77.7 Å². The zero-order chi connectivity index (χ0) is 19.3. The molecule has 0 aliphatic carbocycles. The average molecular weight is 375 g/mol. The van der Waals surface area contributed by atoms with E-state index in [1.54, 1.807) is 0 Å². The Morgan fingerprint density at radius 2 is 1.68 bits per heavy atom. The summed E-state index contributed by atoms with van der Waals surface area (Å²) in [7, 11) is 0. The first-order valence-electron chi connectivity index (χ1n) is 9.58. The van der Waals surface area contributed by atoms with Crippen LogP contribution in [0.3, 0.4) is 0 Å². The summed E-state index contributed by atoms with van der Waals surface area (Å²) in [6.07, 6.45) is 3.87. The molecular weight excluding hydrogens is 354 g/mol. The second-order valence-corrected chi connectivity index (χ2v) is 7.79. The number of nitrogens with zero attached hydrogens (tertiary/aromatic N) is 1. The first-order chi connectivity index (χ1) is 13.6. The quantitative estimate of drug-likeness (QED) is 0.816. The van der Waals surface area contributed by atoms with Gasteiger partial charge >= 0.3 is 5.97 Å². The van der Waals surface area contributed by atoms with Crippen molar-refractivity contribution in [2.75, 3.05) is 0 Å². The third-order valence-electron chi connectivity index (χ3n) is 6.28. The minimum absolute atomic E-state index is 0.121. The number of ether oxygens (including phenoxy) is 1. The molecule has 3 heterocycles. The number of fused-ring (bicyclic) bond motifs is 1. The second-order valence-electron chi connectivity index (χ2n) is 7.79. The number of hydrogen-bond acceptors (Lipinski definition) is 3. The van der Waals surface area contributed by atoms with E-state index in [-0.39, 0.29) is 11.9 Å². The molecule has 1 amide bonds. The van der Waals surface area contributed by atoms with Crippen molar-refractivity contribution in [2.24, 2.45) is 11.8 Å². The highest BCUT2D eigenvalue weighted by Crippen LogP contribution is 2.55. The van der Waals surface area contributed by atoms with Crippen LogP contribution < -0.4 is 0 Å². The fraction of sp³-hybridized carbons (Fsp3) is 0.304. The zero-order valence-electron chi connectivity index (χ0n) is 15.3. The van der Waals surface area contributed by atoms with E-state index >= 15 is 0 Å². The molecule has 5 rings (SSSR count). The maximum atomic E-state index is 13.4. The van der Waals surface area contributed by atoms with E-state index in [2.05, 4.69) is 0 Å². The predicted molar refractivity (Wildman–Crippen MR) is 102 cm³/mol. The Bertz CT molecular complexity index is 942. The molecule has 142 valence electrons. The Balaban J connectivity index is 1.56. The zero-order valence-corrected chi connectivity index (χ0v) is 15.3. The lowest BCUT2D eigenvalue weighted by atomic mass is 9.74. The van der Waals surface area contributed by atoms with Crippen molar-refractivity contribution >= 4 is 11.9 Å². The van der Waals surface area contributed by atoms with E-state index < -0.39 is 29.5 Å². The van der Waals surface area contributed by atoms with Crippen LogP contribution >= 0.6 is 0 Å². The number of hydrogen-bond donors (Lipinski definition) is 1. The molecule has 0 aromatic heterocycles. The molecule has 1 spiro atoms. The van der Waals surface area contributed by atoms with Crippen molar-refractivity contribution in [3.8, 4) is 0 Å². The molecule has 0 saturated carbocycles. The molecule has 0 unspecified atom stereocenters. The van der Waals surface area contributed by atoms with Gasteiger partial charge in [0.05, 0.1) is 18.1 Å². The molecule has 2 aromatic rings. The fourth-order valence-corrected chi connectivity index (χ4v) is 5.08. The summed E-state index contributed by atoms with van der Waals surface area (Å²) in [5, 5.41) is 9.76. The van der Waals surface area contributed by atoms with Crippen LogP contribution in [0.25, 0.3) is 0 Å². The molecular formula is C23H21NO4. The van der Waals surface area contributed by atoms with Gasteiger partial charge in [-0.1, -0.05) is 72.8 Å². The van der Waals surface area contributed by atoms with E-state index in [0.717, 1.165) is 11.1 Å². The Labute approximate surface area is 163 Å². The maximum Gasteiger partial charge on any atom is 0.310 e. The van der Waals surface area contributed by atoms with Gasteiger partial charge in [-0.3, -0.25) is 9.59 Å². The van der Waals surface area contributed by atoms with Gasteiger partial charge in [-0.15, -0.1) is 0 Å². The highest BCUT2D eigenvalue weighted by atomic mass is 16.5. The SMILES string of the molecule is O=C(O)[C@H]1[C@@H]2C=C[C@]3(O2)[C@@H]1C(=O)N(Cc1ccccc1)[C@@H]3Cc1ccccc1. The number of likely N-dealkylation sites (tertiary alicyclic amines) is 1. The summed E-state index contributed by atoms with van der Waals surface area (Å²) in [4.78, 5) is 27.2. The predicted octanol–water partition coefficient (Wildman–Crippen LogP) is 2.66. The molecule has 5 nitrogen and oxygen atoms in total. The molecule has 2 aromatic carbocycles. The van der Waals surface area contributed by atoms with Crippen molar-refractivity contribution in [1.82, 2.24) is 4.90 Å². The van der Waals surface area contributed by atoms with Gasteiger partial charge in [0.15, 0.2) is 0 Å². The summed E-state index contributed by atoms with van der Waals surface area (Å²) in [6.45, 7) is 0.448. The molecule has 5 heteroatoms. The van der Waals surface area contributed by atoms with E-state index in [4.69, 9.17) is 4.74 Å². The number of carboxylic acids is 1. The van der Waals surface area contributed by atoms with Crippen molar-refractivity contribution in [1.29, 1.82) is 0 Å². The number of carbonyl (C=O) groups excluding carboxylic acids is 1. The smallest absolute Gasteiger partial charge is 0.310 e. The summed E-state index contributed by atoms with van der Waals surface area (Å²) in [5.41, 5.74) is 1.26. The van der Waals surface area contributed by atoms with Crippen LogP contribution in [0, 0.1) is 11.8 Å². The van der Waals surface area contributed by atoms with Gasteiger partial charge in [0.2, 0.25) is 5.91 Å². The lowest BCUT2D eigenvalue weighted by Gasteiger charge is -2.33. The Kier molecular flexibility index (Phi) is 3.88. The third-order valence-corrected chi connectivity index (χ3v) is 6.28. The minimum Gasteiger partial charge on any atom is -0.481 e. The Morgan fingerprint density at radius 1 is 1.04 bits per heavy atom. The fourth-order valence-electron chi connectivity index (χ4n) is 5.08. The summed E-state index contributed by atoms with van der Waals surface area (Å²) in [6, 6.07) is 19.6.